The molecule has 1 aromatic heterocycles. The maximum absolute atomic E-state index is 4.83. The van der Waals surface area contributed by atoms with E-state index >= 15 is 0 Å². The van der Waals surface area contributed by atoms with Gasteiger partial charge in [-0.05, 0) is 49.1 Å². The Balaban J connectivity index is 2.16. The van der Waals surface area contributed by atoms with Crippen molar-refractivity contribution in [2.75, 3.05) is 0 Å². The molecule has 130 valence electrons. The highest BCUT2D eigenvalue weighted by Crippen LogP contribution is 2.27. The van der Waals surface area contributed by atoms with Crippen molar-refractivity contribution in [1.29, 1.82) is 0 Å². The van der Waals surface area contributed by atoms with Crippen molar-refractivity contribution in [3.05, 3.63) is 95.3 Å². The predicted molar refractivity (Wildman–Crippen MR) is 115 cm³/mol. The maximum atomic E-state index is 4.83. The number of aromatic nitrogens is 2. The van der Waals surface area contributed by atoms with Gasteiger partial charge in [-0.3, -0.25) is 0 Å². The molecule has 1 aliphatic carbocycles. The van der Waals surface area contributed by atoms with E-state index in [1.807, 2.05) is 61.6 Å². The zero-order valence-corrected chi connectivity index (χ0v) is 16.4. The molecule has 0 saturated carbocycles. The molecule has 0 spiro atoms. The SMILES string of the molecule is C=C/C(=C\C=C/C)c1cc(C2=CCCC=C2)nc(-c2ccc(Br)cc2)n1. The molecule has 0 bridgehead atoms. The zero-order valence-electron chi connectivity index (χ0n) is 14.8. The molecule has 1 heterocycles. The van der Waals surface area contributed by atoms with Crippen LogP contribution in [0.1, 0.15) is 31.2 Å². The van der Waals surface area contributed by atoms with Crippen LogP contribution in [0.15, 0.2) is 83.9 Å². The number of rotatable bonds is 5. The van der Waals surface area contributed by atoms with Crippen molar-refractivity contribution in [3.63, 3.8) is 0 Å². The molecule has 0 saturated heterocycles. The number of halogens is 1. The topological polar surface area (TPSA) is 25.8 Å². The van der Waals surface area contributed by atoms with Gasteiger partial charge >= 0.3 is 0 Å². The van der Waals surface area contributed by atoms with Crippen molar-refractivity contribution in [3.8, 4) is 11.4 Å². The minimum absolute atomic E-state index is 0.720. The summed E-state index contributed by atoms with van der Waals surface area (Å²) in [4.78, 5) is 9.63. The Hall–Kier alpha value is -2.52. The molecule has 3 heteroatoms. The summed E-state index contributed by atoms with van der Waals surface area (Å²) < 4.78 is 1.04. The summed E-state index contributed by atoms with van der Waals surface area (Å²) in [6.07, 6.45) is 16.6. The Bertz CT molecular complexity index is 916. The summed E-state index contributed by atoms with van der Waals surface area (Å²) in [5, 5.41) is 0. The van der Waals surface area contributed by atoms with Crippen LogP contribution in [0.4, 0.5) is 0 Å². The third-order valence-corrected chi connectivity index (χ3v) is 4.63. The van der Waals surface area contributed by atoms with Gasteiger partial charge in [0, 0.05) is 10.0 Å². The van der Waals surface area contributed by atoms with Crippen LogP contribution in [-0.2, 0) is 0 Å². The van der Waals surface area contributed by atoms with E-state index in [1.54, 1.807) is 0 Å². The first-order valence-electron chi connectivity index (χ1n) is 8.69. The Morgan fingerprint density at radius 3 is 2.62 bits per heavy atom. The van der Waals surface area contributed by atoms with Crippen LogP contribution in [0.3, 0.4) is 0 Å². The minimum atomic E-state index is 0.720. The number of benzene rings is 1. The normalized spacial score (nSPS) is 14.5. The Morgan fingerprint density at radius 2 is 1.96 bits per heavy atom. The van der Waals surface area contributed by atoms with Gasteiger partial charge in [0.25, 0.3) is 0 Å². The molecular formula is C23H21BrN2. The molecule has 2 aromatic rings. The Morgan fingerprint density at radius 1 is 1.15 bits per heavy atom. The minimum Gasteiger partial charge on any atom is -0.228 e. The van der Waals surface area contributed by atoms with Crippen LogP contribution in [-0.4, -0.2) is 9.97 Å². The number of hydrogen-bond acceptors (Lipinski definition) is 2. The van der Waals surface area contributed by atoms with E-state index in [9.17, 15) is 0 Å². The standard InChI is InChI=1S/C23H21BrN2/c1-3-5-9-17(4-2)21-16-22(18-10-7-6-8-11-18)26-23(25-21)19-12-14-20(24)15-13-19/h3-5,7,9-16H,2,6,8H2,1H3/b5-3-,17-9+. The summed E-state index contributed by atoms with van der Waals surface area (Å²) in [5.41, 5.74) is 4.93. The molecule has 0 radical (unpaired) electrons. The second-order valence-corrected chi connectivity index (χ2v) is 6.88. The molecule has 0 fully saturated rings. The fourth-order valence-corrected chi connectivity index (χ4v) is 3.00. The van der Waals surface area contributed by atoms with Crippen molar-refractivity contribution < 1.29 is 0 Å². The molecule has 2 nitrogen and oxygen atoms in total. The summed E-state index contributed by atoms with van der Waals surface area (Å²) >= 11 is 3.48. The maximum Gasteiger partial charge on any atom is 0.160 e. The lowest BCUT2D eigenvalue weighted by molar-refractivity contribution is 1.03. The molecule has 0 unspecified atom stereocenters. The van der Waals surface area contributed by atoms with E-state index in [-0.39, 0.29) is 0 Å². The smallest absolute Gasteiger partial charge is 0.160 e. The van der Waals surface area contributed by atoms with Crippen LogP contribution >= 0.6 is 15.9 Å². The largest absolute Gasteiger partial charge is 0.228 e. The van der Waals surface area contributed by atoms with E-state index in [1.165, 1.54) is 0 Å². The van der Waals surface area contributed by atoms with Crippen LogP contribution in [0.25, 0.3) is 22.5 Å². The fraction of sp³-hybridized carbons (Fsp3) is 0.130. The molecule has 26 heavy (non-hydrogen) atoms. The molecule has 0 amide bonds. The third kappa shape index (κ3) is 4.36. The number of hydrogen-bond donors (Lipinski definition) is 0. The molecule has 1 aromatic carbocycles. The average molecular weight is 405 g/mol. The monoisotopic (exact) mass is 404 g/mol. The van der Waals surface area contributed by atoms with Crippen LogP contribution in [0.5, 0.6) is 0 Å². The van der Waals surface area contributed by atoms with Crippen LogP contribution in [0, 0.1) is 0 Å². The van der Waals surface area contributed by atoms with Gasteiger partial charge < -0.3 is 0 Å². The van der Waals surface area contributed by atoms with Gasteiger partial charge in [0.2, 0.25) is 0 Å². The number of nitrogens with zero attached hydrogens (tertiary/aromatic N) is 2. The van der Waals surface area contributed by atoms with Crippen molar-refractivity contribution in [1.82, 2.24) is 9.97 Å². The molecule has 1 aliphatic rings. The Kier molecular flexibility index (Phi) is 6.13. The second-order valence-electron chi connectivity index (χ2n) is 5.96. The van der Waals surface area contributed by atoms with E-state index in [2.05, 4.69) is 40.7 Å². The summed E-state index contributed by atoms with van der Waals surface area (Å²) in [5.74, 6) is 0.720. The molecule has 0 N–H and O–H groups in total. The average Bonchev–Trinajstić information content (AvgIpc) is 2.69. The van der Waals surface area contributed by atoms with E-state index in [0.717, 1.165) is 51.2 Å². The van der Waals surface area contributed by atoms with Gasteiger partial charge in [-0.2, -0.15) is 0 Å². The van der Waals surface area contributed by atoms with Crippen molar-refractivity contribution in [2.24, 2.45) is 0 Å². The molecule has 3 rings (SSSR count). The summed E-state index contributed by atoms with van der Waals surface area (Å²) in [7, 11) is 0. The molecular weight excluding hydrogens is 384 g/mol. The lowest BCUT2D eigenvalue weighted by Crippen LogP contribution is -2.00. The quantitative estimate of drug-likeness (QED) is 0.512. The van der Waals surface area contributed by atoms with Gasteiger partial charge in [-0.25, -0.2) is 9.97 Å². The van der Waals surface area contributed by atoms with Crippen molar-refractivity contribution >= 4 is 27.1 Å². The zero-order chi connectivity index (χ0) is 18.4. The van der Waals surface area contributed by atoms with Gasteiger partial charge in [-0.15, -0.1) is 0 Å². The lowest BCUT2D eigenvalue weighted by Gasteiger charge is -2.11. The third-order valence-electron chi connectivity index (χ3n) is 4.10. The van der Waals surface area contributed by atoms with E-state index in [4.69, 9.17) is 9.97 Å². The lowest BCUT2D eigenvalue weighted by atomic mass is 10.0. The Labute approximate surface area is 163 Å². The predicted octanol–water partition coefficient (Wildman–Crippen LogP) is 6.79. The van der Waals surface area contributed by atoms with Crippen LogP contribution in [0.2, 0.25) is 0 Å². The van der Waals surface area contributed by atoms with Gasteiger partial charge in [0.1, 0.15) is 0 Å². The molecule has 0 aliphatic heterocycles. The van der Waals surface area contributed by atoms with E-state index < -0.39 is 0 Å². The highest BCUT2D eigenvalue weighted by Gasteiger charge is 2.12. The van der Waals surface area contributed by atoms with Gasteiger partial charge in [0.15, 0.2) is 5.82 Å². The molecule has 0 atom stereocenters. The first-order valence-corrected chi connectivity index (χ1v) is 9.48. The van der Waals surface area contributed by atoms with Gasteiger partial charge in [0.05, 0.1) is 11.4 Å². The highest BCUT2D eigenvalue weighted by atomic mass is 79.9. The summed E-state index contributed by atoms with van der Waals surface area (Å²) in [6, 6.07) is 10.1. The fourth-order valence-electron chi connectivity index (χ4n) is 2.73. The summed E-state index contributed by atoms with van der Waals surface area (Å²) in [6.45, 7) is 5.94. The van der Waals surface area contributed by atoms with Crippen LogP contribution < -0.4 is 0 Å². The first-order chi connectivity index (χ1) is 12.7. The van der Waals surface area contributed by atoms with Gasteiger partial charge in [-0.1, -0.05) is 77.2 Å². The first kappa shape index (κ1) is 18.3. The van der Waals surface area contributed by atoms with Crippen molar-refractivity contribution in [2.45, 2.75) is 19.8 Å². The number of allylic oxidation sites excluding steroid dienone is 9. The second kappa shape index (κ2) is 8.72. The highest BCUT2D eigenvalue weighted by molar-refractivity contribution is 9.10. The van der Waals surface area contributed by atoms with E-state index in [0.29, 0.717) is 0 Å².